The van der Waals surface area contributed by atoms with E-state index in [1.54, 1.807) is 34.6 Å². The van der Waals surface area contributed by atoms with E-state index in [9.17, 15) is 24.1 Å². The molecule has 0 spiro atoms. The fourth-order valence-corrected chi connectivity index (χ4v) is 3.81. The van der Waals surface area contributed by atoms with E-state index in [0.717, 1.165) is 4.90 Å². The van der Waals surface area contributed by atoms with Crippen molar-refractivity contribution in [1.82, 2.24) is 4.90 Å². The normalized spacial score (nSPS) is 15.8. The predicted molar refractivity (Wildman–Crippen MR) is 125 cm³/mol. The highest BCUT2D eigenvalue weighted by Crippen LogP contribution is 2.50. The van der Waals surface area contributed by atoms with Crippen LogP contribution in [-0.4, -0.2) is 87.0 Å². The zero-order valence-electron chi connectivity index (χ0n) is 21.1. The SMILES string of the molecule is CCOC(=O)OCC(C)COP(=O)(N=C(N)N(C)C(CC)C(=O)O)OCC(C)COC(=O)OCC. The molecule has 14 nitrogen and oxygen atoms in total. The Labute approximate surface area is 205 Å². The van der Waals surface area contributed by atoms with Crippen LogP contribution in [0.1, 0.15) is 41.0 Å². The van der Waals surface area contributed by atoms with Crippen molar-refractivity contribution in [2.75, 3.05) is 46.7 Å². The van der Waals surface area contributed by atoms with Gasteiger partial charge in [0, 0.05) is 18.9 Å². The third-order valence-electron chi connectivity index (χ3n) is 4.27. The van der Waals surface area contributed by atoms with Gasteiger partial charge in [0.25, 0.3) is 0 Å². The molecule has 204 valence electrons. The van der Waals surface area contributed by atoms with Gasteiger partial charge in [0.2, 0.25) is 5.96 Å². The standard InChI is InChI=1S/C20H38N3O11P/c1-7-16(17(24)25)23(6)18(21)22-35(28,33-12-14(4)10-31-19(26)29-8-2)34-13-15(5)11-32-20(27)30-9-3/h14-16H,7-13H2,1-6H3,(H,24,25)(H2,21,22,28). The molecule has 0 saturated carbocycles. The smallest absolute Gasteiger partial charge is 0.480 e. The van der Waals surface area contributed by atoms with Crippen molar-refractivity contribution in [3.05, 3.63) is 0 Å². The minimum atomic E-state index is -4.25. The van der Waals surface area contributed by atoms with E-state index in [1.165, 1.54) is 7.05 Å². The Morgan fingerprint density at radius 1 is 0.886 bits per heavy atom. The fourth-order valence-electron chi connectivity index (χ4n) is 2.34. The van der Waals surface area contributed by atoms with Crippen LogP contribution >= 0.6 is 7.75 Å². The van der Waals surface area contributed by atoms with Gasteiger partial charge < -0.3 is 34.7 Å². The molecule has 3 unspecified atom stereocenters. The van der Waals surface area contributed by atoms with Gasteiger partial charge in [-0.1, -0.05) is 20.8 Å². The van der Waals surface area contributed by atoms with Crippen molar-refractivity contribution in [1.29, 1.82) is 0 Å². The third kappa shape index (κ3) is 13.8. The lowest BCUT2D eigenvalue weighted by atomic mass is 10.2. The minimum absolute atomic E-state index is 0.0847. The minimum Gasteiger partial charge on any atom is -0.480 e. The van der Waals surface area contributed by atoms with Gasteiger partial charge in [0.05, 0.1) is 39.6 Å². The number of carbonyl (C=O) groups excluding carboxylic acids is 2. The lowest BCUT2D eigenvalue weighted by Gasteiger charge is -2.26. The molecular weight excluding hydrogens is 489 g/mol. The number of guanidine groups is 1. The molecule has 0 aliphatic rings. The van der Waals surface area contributed by atoms with Crippen molar-refractivity contribution >= 4 is 32.0 Å². The van der Waals surface area contributed by atoms with Gasteiger partial charge in [-0.15, -0.1) is 4.76 Å². The molecule has 3 atom stereocenters. The fraction of sp³-hybridized carbons (Fsp3) is 0.800. The zero-order chi connectivity index (χ0) is 27.0. The van der Waals surface area contributed by atoms with Crippen LogP contribution in [0.3, 0.4) is 0 Å². The first-order chi connectivity index (χ1) is 16.4. The molecule has 0 radical (unpaired) electrons. The molecule has 0 bridgehead atoms. The molecule has 0 rings (SSSR count). The van der Waals surface area contributed by atoms with Crippen molar-refractivity contribution in [3.63, 3.8) is 0 Å². The van der Waals surface area contributed by atoms with Gasteiger partial charge in [-0.2, -0.15) is 0 Å². The van der Waals surface area contributed by atoms with Crippen LogP contribution in [0.25, 0.3) is 0 Å². The van der Waals surface area contributed by atoms with E-state index in [1.807, 2.05) is 0 Å². The Morgan fingerprint density at radius 3 is 1.66 bits per heavy atom. The number of hydrogen-bond donors (Lipinski definition) is 2. The number of carbonyl (C=O) groups is 3. The average Bonchev–Trinajstić information content (AvgIpc) is 2.79. The molecule has 0 aromatic rings. The van der Waals surface area contributed by atoms with E-state index in [4.69, 9.17) is 24.3 Å². The maximum absolute atomic E-state index is 13.3. The molecule has 3 N–H and O–H groups in total. The number of aliphatic carboxylic acids is 1. The summed E-state index contributed by atoms with van der Waals surface area (Å²) in [7, 11) is -2.87. The number of hydrogen-bond acceptors (Lipinski definition) is 10. The summed E-state index contributed by atoms with van der Waals surface area (Å²) >= 11 is 0. The van der Waals surface area contributed by atoms with Crippen molar-refractivity contribution < 1.29 is 52.1 Å². The monoisotopic (exact) mass is 527 g/mol. The molecular formula is C20H38N3O11P. The Balaban J connectivity index is 5.35. The van der Waals surface area contributed by atoms with E-state index in [2.05, 4.69) is 14.2 Å². The number of ether oxygens (including phenoxy) is 4. The molecule has 0 aliphatic heterocycles. The summed E-state index contributed by atoms with van der Waals surface area (Å²) in [6.45, 7) is 7.99. The number of nitrogens with zero attached hydrogens (tertiary/aromatic N) is 2. The number of nitrogens with two attached hydrogens (primary N) is 1. The topological polar surface area (TPSA) is 186 Å². The predicted octanol–water partition coefficient (Wildman–Crippen LogP) is 2.86. The van der Waals surface area contributed by atoms with Gasteiger partial charge in [-0.25, -0.2) is 18.9 Å². The lowest BCUT2D eigenvalue weighted by molar-refractivity contribution is -0.141. The lowest BCUT2D eigenvalue weighted by Crippen LogP contribution is -2.45. The first-order valence-corrected chi connectivity index (χ1v) is 12.7. The number of carboxylic acid groups (broad SMARTS) is 1. The van der Waals surface area contributed by atoms with Crippen molar-refractivity contribution in [3.8, 4) is 0 Å². The third-order valence-corrected chi connectivity index (χ3v) is 5.67. The highest BCUT2D eigenvalue weighted by molar-refractivity contribution is 7.52. The summed E-state index contributed by atoms with van der Waals surface area (Å²) < 4.78 is 47.2. The largest absolute Gasteiger partial charge is 0.508 e. The van der Waals surface area contributed by atoms with Gasteiger partial charge in [-0.3, -0.25) is 9.05 Å². The molecule has 0 saturated heterocycles. The van der Waals surface area contributed by atoms with Crippen LogP contribution < -0.4 is 5.73 Å². The van der Waals surface area contributed by atoms with E-state index >= 15 is 0 Å². The molecule has 0 aromatic carbocycles. The Morgan fingerprint density at radius 2 is 1.31 bits per heavy atom. The van der Waals surface area contributed by atoms with Crippen LogP contribution in [0.5, 0.6) is 0 Å². The summed E-state index contributed by atoms with van der Waals surface area (Å²) in [5.74, 6) is -2.34. The molecule has 0 aromatic heterocycles. The highest BCUT2D eigenvalue weighted by atomic mass is 31.2. The first kappa shape index (κ1) is 32.4. The van der Waals surface area contributed by atoms with Crippen LogP contribution in [0, 0.1) is 11.8 Å². The Hall–Kier alpha value is -2.57. The summed E-state index contributed by atoms with van der Waals surface area (Å²) in [6.07, 6.45) is -1.49. The highest BCUT2D eigenvalue weighted by Gasteiger charge is 2.30. The van der Waals surface area contributed by atoms with Crippen LogP contribution in [-0.2, 0) is 37.4 Å². The van der Waals surface area contributed by atoms with E-state index < -0.39 is 43.9 Å². The second-order valence-electron chi connectivity index (χ2n) is 7.59. The maximum atomic E-state index is 13.3. The molecule has 35 heavy (non-hydrogen) atoms. The second-order valence-corrected chi connectivity index (χ2v) is 9.24. The van der Waals surface area contributed by atoms with Crippen molar-refractivity contribution in [2.45, 2.75) is 47.1 Å². The van der Waals surface area contributed by atoms with E-state index in [-0.39, 0.29) is 52.0 Å². The molecule has 15 heteroatoms. The summed E-state index contributed by atoms with van der Waals surface area (Å²) in [5.41, 5.74) is 5.90. The summed E-state index contributed by atoms with van der Waals surface area (Å²) in [5, 5.41) is 9.34. The molecule has 0 heterocycles. The molecule has 0 aliphatic carbocycles. The quantitative estimate of drug-likeness (QED) is 0.129. The molecule has 0 fully saturated rings. The average molecular weight is 528 g/mol. The number of likely N-dealkylation sites (N-methyl/N-ethyl adjacent to an activating group) is 1. The van der Waals surface area contributed by atoms with Crippen LogP contribution in [0.4, 0.5) is 9.59 Å². The zero-order valence-corrected chi connectivity index (χ0v) is 22.0. The summed E-state index contributed by atoms with van der Waals surface area (Å²) in [4.78, 5) is 35.3. The Kier molecular flexibility index (Phi) is 15.7. The van der Waals surface area contributed by atoms with E-state index in [0.29, 0.717) is 0 Å². The number of rotatable bonds is 16. The van der Waals surface area contributed by atoms with Gasteiger partial charge in [0.1, 0.15) is 6.04 Å². The van der Waals surface area contributed by atoms with Gasteiger partial charge in [0.15, 0.2) is 0 Å². The van der Waals surface area contributed by atoms with Crippen molar-refractivity contribution in [2.24, 2.45) is 22.3 Å². The molecule has 0 amide bonds. The first-order valence-electron chi connectivity index (χ1n) is 11.2. The van der Waals surface area contributed by atoms with Gasteiger partial charge in [-0.05, 0) is 20.3 Å². The second kappa shape index (κ2) is 17.0. The van der Waals surface area contributed by atoms with Crippen LogP contribution in [0.15, 0.2) is 4.76 Å². The Bertz CT molecular complexity index is 714. The maximum Gasteiger partial charge on any atom is 0.508 e. The summed E-state index contributed by atoms with van der Waals surface area (Å²) in [6, 6.07) is -1.01. The van der Waals surface area contributed by atoms with Crippen LogP contribution in [0.2, 0.25) is 0 Å². The number of carboxylic acids is 1. The van der Waals surface area contributed by atoms with Gasteiger partial charge >= 0.3 is 26.0 Å².